The number of Topliss-reactive ketones (excluding diaryl/α,β-unsaturated/α-hetero) is 1. The van der Waals surface area contributed by atoms with Crippen molar-refractivity contribution in [2.45, 2.75) is 13.3 Å². The van der Waals surface area contributed by atoms with E-state index >= 15 is 0 Å². The molecule has 1 heterocycles. The lowest BCUT2D eigenvalue weighted by molar-refractivity contribution is -0.385. The first kappa shape index (κ1) is 18.9. The molecule has 2 aromatic rings. The molecule has 142 valence electrons. The van der Waals surface area contributed by atoms with Gasteiger partial charge in [-0.05, 0) is 25.1 Å². The first-order valence-electron chi connectivity index (χ1n) is 8.25. The molecule has 0 aromatic heterocycles. The molecular formula is C19H14N2O7. The topological polar surface area (TPSA) is 124 Å². The molecule has 2 amide bonds. The summed E-state index contributed by atoms with van der Waals surface area (Å²) in [6, 6.07) is 9.83. The van der Waals surface area contributed by atoms with Gasteiger partial charge in [0.2, 0.25) is 0 Å². The SMILES string of the molecule is CC(=O)c1cccc(OC(=O)CCN2C(=O)c3cccc([N+](=O)[O-])c3C2=O)c1. The molecule has 9 heteroatoms. The normalized spacial score (nSPS) is 12.7. The van der Waals surface area contributed by atoms with Gasteiger partial charge in [-0.1, -0.05) is 18.2 Å². The molecule has 0 spiro atoms. The van der Waals surface area contributed by atoms with E-state index in [1.807, 2.05) is 0 Å². The number of nitrogens with zero attached hydrogens (tertiary/aromatic N) is 2. The third-order valence-corrected chi connectivity index (χ3v) is 4.19. The molecule has 0 N–H and O–H groups in total. The Morgan fingerprint density at radius 3 is 2.50 bits per heavy atom. The minimum atomic E-state index is -0.821. The van der Waals surface area contributed by atoms with Gasteiger partial charge in [0.25, 0.3) is 17.5 Å². The molecule has 0 saturated carbocycles. The summed E-state index contributed by atoms with van der Waals surface area (Å²) >= 11 is 0. The van der Waals surface area contributed by atoms with E-state index in [-0.39, 0.29) is 35.6 Å². The maximum absolute atomic E-state index is 12.4. The molecule has 0 fully saturated rings. The molecule has 0 radical (unpaired) electrons. The van der Waals surface area contributed by atoms with E-state index in [9.17, 15) is 29.3 Å². The van der Waals surface area contributed by atoms with Crippen molar-refractivity contribution in [2.75, 3.05) is 6.54 Å². The van der Waals surface area contributed by atoms with Crippen molar-refractivity contribution in [1.82, 2.24) is 4.90 Å². The molecule has 0 atom stereocenters. The molecule has 2 aromatic carbocycles. The Bertz CT molecular complexity index is 1030. The molecular weight excluding hydrogens is 368 g/mol. The maximum atomic E-state index is 12.4. The van der Waals surface area contributed by atoms with Crippen LogP contribution in [0.3, 0.4) is 0 Å². The zero-order valence-electron chi connectivity index (χ0n) is 14.7. The predicted octanol–water partition coefficient (Wildman–Crippen LogP) is 2.39. The highest BCUT2D eigenvalue weighted by Crippen LogP contribution is 2.30. The molecule has 0 saturated heterocycles. The lowest BCUT2D eigenvalue weighted by atomic mass is 10.1. The number of rotatable bonds is 6. The second-order valence-electron chi connectivity index (χ2n) is 6.03. The van der Waals surface area contributed by atoms with E-state index in [0.717, 1.165) is 11.0 Å². The van der Waals surface area contributed by atoms with Crippen molar-refractivity contribution in [3.63, 3.8) is 0 Å². The predicted molar refractivity (Wildman–Crippen MR) is 95.2 cm³/mol. The van der Waals surface area contributed by atoms with Gasteiger partial charge in [0.1, 0.15) is 11.3 Å². The number of esters is 1. The summed E-state index contributed by atoms with van der Waals surface area (Å²) in [5.74, 6) is -2.26. The molecule has 1 aliphatic heterocycles. The van der Waals surface area contributed by atoms with Gasteiger partial charge in [-0.25, -0.2) is 0 Å². The summed E-state index contributed by atoms with van der Waals surface area (Å²) in [6.07, 6.45) is -0.302. The molecule has 0 bridgehead atoms. The summed E-state index contributed by atoms with van der Waals surface area (Å²) in [7, 11) is 0. The first-order chi connectivity index (χ1) is 13.3. The van der Waals surface area contributed by atoms with Crippen LogP contribution in [0.2, 0.25) is 0 Å². The number of fused-ring (bicyclic) bond motifs is 1. The quantitative estimate of drug-likeness (QED) is 0.188. The number of nitro groups is 1. The van der Waals surface area contributed by atoms with Crippen LogP contribution in [0, 0.1) is 10.1 Å². The number of ether oxygens (including phenoxy) is 1. The largest absolute Gasteiger partial charge is 0.426 e. The van der Waals surface area contributed by atoms with Gasteiger partial charge >= 0.3 is 5.97 Å². The van der Waals surface area contributed by atoms with E-state index in [1.54, 1.807) is 12.1 Å². The number of imide groups is 1. The second kappa shape index (κ2) is 7.39. The van der Waals surface area contributed by atoms with Crippen molar-refractivity contribution in [3.05, 3.63) is 69.3 Å². The average Bonchev–Trinajstić information content (AvgIpc) is 2.90. The van der Waals surface area contributed by atoms with Crippen molar-refractivity contribution in [1.29, 1.82) is 0 Å². The van der Waals surface area contributed by atoms with Crippen molar-refractivity contribution >= 4 is 29.3 Å². The second-order valence-corrected chi connectivity index (χ2v) is 6.03. The monoisotopic (exact) mass is 382 g/mol. The number of nitro benzene ring substituents is 1. The third-order valence-electron chi connectivity index (χ3n) is 4.19. The number of hydrogen-bond donors (Lipinski definition) is 0. The summed E-state index contributed by atoms with van der Waals surface area (Å²) < 4.78 is 5.13. The van der Waals surface area contributed by atoms with Crippen LogP contribution >= 0.6 is 0 Å². The zero-order chi connectivity index (χ0) is 20.4. The van der Waals surface area contributed by atoms with E-state index in [1.165, 1.54) is 31.2 Å². The molecule has 28 heavy (non-hydrogen) atoms. The van der Waals surface area contributed by atoms with Gasteiger partial charge in [-0.3, -0.25) is 34.2 Å². The number of carbonyl (C=O) groups is 4. The standard InChI is InChI=1S/C19H14N2O7/c1-11(22)12-4-2-5-13(10-12)28-16(23)8-9-20-18(24)14-6-3-7-15(21(26)27)17(14)19(20)25/h2-7,10H,8-9H2,1H3. The fraction of sp³-hybridized carbons (Fsp3) is 0.158. The zero-order valence-corrected chi connectivity index (χ0v) is 14.7. The van der Waals surface area contributed by atoms with E-state index in [2.05, 4.69) is 0 Å². The number of carbonyl (C=O) groups excluding carboxylic acids is 4. The van der Waals surface area contributed by atoms with Gasteiger partial charge in [0.05, 0.1) is 16.9 Å². The Kier molecular flexibility index (Phi) is 4.99. The van der Waals surface area contributed by atoms with E-state index < -0.39 is 28.4 Å². The first-order valence-corrected chi connectivity index (χ1v) is 8.25. The lowest BCUT2D eigenvalue weighted by Gasteiger charge is -2.13. The van der Waals surface area contributed by atoms with Crippen molar-refractivity contribution < 1.29 is 28.8 Å². The number of hydrogen-bond acceptors (Lipinski definition) is 7. The minimum absolute atomic E-state index is 0.0678. The number of amides is 2. The fourth-order valence-corrected chi connectivity index (χ4v) is 2.84. The van der Waals surface area contributed by atoms with Crippen LogP contribution in [0.15, 0.2) is 42.5 Å². The van der Waals surface area contributed by atoms with E-state index in [4.69, 9.17) is 4.74 Å². The summed E-state index contributed by atoms with van der Waals surface area (Å²) in [6.45, 7) is 1.09. The average molecular weight is 382 g/mol. The molecule has 9 nitrogen and oxygen atoms in total. The van der Waals surface area contributed by atoms with Gasteiger partial charge in [0.15, 0.2) is 5.78 Å². The Morgan fingerprint density at radius 2 is 1.82 bits per heavy atom. The number of benzene rings is 2. The van der Waals surface area contributed by atoms with Crippen LogP contribution in [0.25, 0.3) is 0 Å². The highest BCUT2D eigenvalue weighted by Gasteiger charge is 2.40. The van der Waals surface area contributed by atoms with Crippen LogP contribution in [-0.4, -0.2) is 39.9 Å². The summed E-state index contributed by atoms with van der Waals surface area (Å²) in [5, 5.41) is 11.1. The van der Waals surface area contributed by atoms with Crippen LogP contribution < -0.4 is 4.74 Å². The Balaban J connectivity index is 1.69. The van der Waals surface area contributed by atoms with Crippen LogP contribution in [0.4, 0.5) is 5.69 Å². The lowest BCUT2D eigenvalue weighted by Crippen LogP contribution is -2.32. The fourth-order valence-electron chi connectivity index (χ4n) is 2.84. The van der Waals surface area contributed by atoms with Gasteiger partial charge in [-0.2, -0.15) is 0 Å². The van der Waals surface area contributed by atoms with Crippen LogP contribution in [0.5, 0.6) is 5.75 Å². The van der Waals surface area contributed by atoms with Crippen molar-refractivity contribution in [3.8, 4) is 5.75 Å². The van der Waals surface area contributed by atoms with Crippen LogP contribution in [0.1, 0.15) is 44.4 Å². The van der Waals surface area contributed by atoms with Crippen LogP contribution in [-0.2, 0) is 4.79 Å². The molecule has 0 unspecified atom stereocenters. The number of ketones is 1. The molecule has 1 aliphatic rings. The summed E-state index contributed by atoms with van der Waals surface area (Å²) in [4.78, 5) is 59.4. The molecule has 3 rings (SSSR count). The smallest absolute Gasteiger partial charge is 0.312 e. The van der Waals surface area contributed by atoms with Gasteiger partial charge in [0, 0.05) is 18.2 Å². The maximum Gasteiger partial charge on any atom is 0.312 e. The minimum Gasteiger partial charge on any atom is -0.426 e. The third kappa shape index (κ3) is 3.50. The van der Waals surface area contributed by atoms with Gasteiger partial charge < -0.3 is 4.74 Å². The highest BCUT2D eigenvalue weighted by molar-refractivity contribution is 6.23. The molecule has 0 aliphatic carbocycles. The Morgan fingerprint density at radius 1 is 1.11 bits per heavy atom. The van der Waals surface area contributed by atoms with E-state index in [0.29, 0.717) is 5.56 Å². The van der Waals surface area contributed by atoms with Gasteiger partial charge in [-0.15, -0.1) is 0 Å². The highest BCUT2D eigenvalue weighted by atomic mass is 16.6. The Labute approximate surface area is 158 Å². The summed E-state index contributed by atoms with van der Waals surface area (Å²) in [5.41, 5.74) is -0.429. The Hall–Kier alpha value is -3.88. The van der Waals surface area contributed by atoms with Crippen molar-refractivity contribution in [2.24, 2.45) is 0 Å².